The summed E-state index contributed by atoms with van der Waals surface area (Å²) in [7, 11) is 0. The maximum atomic E-state index is 12.2. The largest absolute Gasteiger partial charge is 0.376 e. The minimum Gasteiger partial charge on any atom is -0.376 e. The number of halogens is 1. The smallest absolute Gasteiger partial charge is 0.241 e. The number of carbonyl (C=O) groups is 1. The van der Waals surface area contributed by atoms with E-state index in [1.165, 1.54) is 0 Å². The lowest BCUT2D eigenvalue weighted by molar-refractivity contribution is -0.187. The Morgan fingerprint density at radius 3 is 2.67 bits per heavy atom. The van der Waals surface area contributed by atoms with Gasteiger partial charge >= 0.3 is 0 Å². The van der Waals surface area contributed by atoms with E-state index in [9.17, 15) is 4.79 Å². The summed E-state index contributed by atoms with van der Waals surface area (Å²) in [5.41, 5.74) is 0.854. The number of carbonyl (C=O) groups excluding carboxylic acids is 1. The zero-order valence-electron chi connectivity index (χ0n) is 11.8. The van der Waals surface area contributed by atoms with Gasteiger partial charge in [-0.15, -0.1) is 0 Å². The van der Waals surface area contributed by atoms with Gasteiger partial charge in [0.2, 0.25) is 5.91 Å². The number of likely N-dealkylation sites (tertiary alicyclic amines) is 1. The van der Waals surface area contributed by atoms with Crippen LogP contribution in [0.25, 0.3) is 0 Å². The molecular formula is C15H19ClN2O3. The average Bonchev–Trinajstić information content (AvgIpc) is 2.94. The monoisotopic (exact) mass is 310 g/mol. The molecule has 0 aromatic heterocycles. The van der Waals surface area contributed by atoms with Gasteiger partial charge in [-0.1, -0.05) is 17.7 Å². The van der Waals surface area contributed by atoms with Gasteiger partial charge in [-0.2, -0.15) is 0 Å². The number of rotatable bonds is 3. The number of nitrogens with one attached hydrogen (secondary N) is 1. The van der Waals surface area contributed by atoms with Gasteiger partial charge in [-0.3, -0.25) is 4.79 Å². The van der Waals surface area contributed by atoms with Crippen molar-refractivity contribution in [2.24, 2.45) is 0 Å². The van der Waals surface area contributed by atoms with Crippen LogP contribution in [0, 0.1) is 0 Å². The van der Waals surface area contributed by atoms with E-state index in [-0.39, 0.29) is 12.5 Å². The Bertz CT molecular complexity index is 507. The first kappa shape index (κ1) is 14.6. The van der Waals surface area contributed by atoms with Crippen LogP contribution in [0.4, 0.5) is 5.69 Å². The fourth-order valence-corrected chi connectivity index (χ4v) is 2.96. The molecule has 1 amide bonds. The molecule has 114 valence electrons. The molecule has 0 bridgehead atoms. The van der Waals surface area contributed by atoms with Crippen molar-refractivity contribution < 1.29 is 14.3 Å². The normalized spacial score (nSPS) is 20.7. The lowest BCUT2D eigenvalue weighted by atomic mass is 10.0. The second-order valence-corrected chi connectivity index (χ2v) is 5.79. The lowest BCUT2D eigenvalue weighted by Crippen LogP contribution is -2.48. The molecule has 0 atom stereocenters. The van der Waals surface area contributed by atoms with E-state index < -0.39 is 5.79 Å². The van der Waals surface area contributed by atoms with Crippen LogP contribution in [0.1, 0.15) is 12.8 Å². The van der Waals surface area contributed by atoms with Gasteiger partial charge in [-0.05, 0) is 18.2 Å². The number of nitrogens with zero attached hydrogens (tertiary/aromatic N) is 1. The van der Waals surface area contributed by atoms with Crippen LogP contribution in [0.3, 0.4) is 0 Å². The molecule has 0 radical (unpaired) electrons. The van der Waals surface area contributed by atoms with Crippen molar-refractivity contribution in [2.45, 2.75) is 18.6 Å². The highest BCUT2D eigenvalue weighted by Gasteiger charge is 2.40. The maximum absolute atomic E-state index is 12.2. The number of ether oxygens (including phenoxy) is 2. The third-order valence-corrected chi connectivity index (χ3v) is 4.19. The van der Waals surface area contributed by atoms with Gasteiger partial charge in [0.25, 0.3) is 0 Å². The highest BCUT2D eigenvalue weighted by atomic mass is 35.5. The molecule has 1 aromatic carbocycles. The second kappa shape index (κ2) is 6.22. The van der Waals surface area contributed by atoms with Crippen LogP contribution < -0.4 is 5.32 Å². The summed E-state index contributed by atoms with van der Waals surface area (Å²) in [6.45, 7) is 2.94. The van der Waals surface area contributed by atoms with Crippen molar-refractivity contribution >= 4 is 23.2 Å². The molecule has 3 rings (SSSR count). The number of hydrogen-bond donors (Lipinski definition) is 1. The standard InChI is InChI=1S/C15H19ClN2O3/c16-12-2-1-3-13(10-12)17-11-14(19)18-6-4-15(5-7-18)20-8-9-21-15/h1-3,10,17H,4-9,11H2. The molecule has 0 aliphatic carbocycles. The van der Waals surface area contributed by atoms with Gasteiger partial charge < -0.3 is 19.7 Å². The Hall–Kier alpha value is -1.30. The summed E-state index contributed by atoms with van der Waals surface area (Å²) in [6, 6.07) is 7.36. The Morgan fingerprint density at radius 1 is 1.29 bits per heavy atom. The molecular weight excluding hydrogens is 292 g/mol. The molecule has 1 aromatic rings. The first-order valence-electron chi connectivity index (χ1n) is 7.22. The van der Waals surface area contributed by atoms with E-state index in [0.29, 0.717) is 31.3 Å². The minimum absolute atomic E-state index is 0.0859. The molecule has 2 aliphatic heterocycles. The van der Waals surface area contributed by atoms with Crippen LogP contribution in [-0.4, -0.2) is 49.4 Å². The Kier molecular flexibility index (Phi) is 4.33. The number of benzene rings is 1. The number of anilines is 1. The van der Waals surface area contributed by atoms with Crippen molar-refractivity contribution in [3.05, 3.63) is 29.3 Å². The lowest BCUT2D eigenvalue weighted by Gasteiger charge is -2.37. The molecule has 0 unspecified atom stereocenters. The molecule has 1 spiro atoms. The third kappa shape index (κ3) is 3.48. The van der Waals surface area contributed by atoms with E-state index in [2.05, 4.69) is 5.32 Å². The van der Waals surface area contributed by atoms with Gasteiger partial charge in [0.1, 0.15) is 0 Å². The average molecular weight is 311 g/mol. The van der Waals surface area contributed by atoms with Crippen LogP contribution in [0.15, 0.2) is 24.3 Å². The van der Waals surface area contributed by atoms with Gasteiger partial charge in [0.15, 0.2) is 5.79 Å². The molecule has 0 saturated carbocycles. The summed E-state index contributed by atoms with van der Waals surface area (Å²) < 4.78 is 11.3. The van der Waals surface area contributed by atoms with E-state index >= 15 is 0 Å². The van der Waals surface area contributed by atoms with Crippen molar-refractivity contribution in [1.82, 2.24) is 4.90 Å². The molecule has 2 saturated heterocycles. The van der Waals surface area contributed by atoms with Gasteiger partial charge in [0, 0.05) is 36.6 Å². The van der Waals surface area contributed by atoms with E-state index in [1.807, 2.05) is 17.0 Å². The maximum Gasteiger partial charge on any atom is 0.241 e. The molecule has 2 heterocycles. The second-order valence-electron chi connectivity index (χ2n) is 5.35. The molecule has 6 heteroatoms. The first-order chi connectivity index (χ1) is 10.2. The molecule has 21 heavy (non-hydrogen) atoms. The summed E-state index contributed by atoms with van der Waals surface area (Å²) in [5.74, 6) is -0.347. The summed E-state index contributed by atoms with van der Waals surface area (Å²) in [4.78, 5) is 14.1. The number of amides is 1. The summed E-state index contributed by atoms with van der Waals surface area (Å²) in [6.07, 6.45) is 1.49. The van der Waals surface area contributed by atoms with Crippen LogP contribution in [0.5, 0.6) is 0 Å². The van der Waals surface area contributed by atoms with E-state index in [0.717, 1.165) is 18.5 Å². The highest BCUT2D eigenvalue weighted by Crippen LogP contribution is 2.31. The van der Waals surface area contributed by atoms with Crippen LogP contribution in [-0.2, 0) is 14.3 Å². The summed E-state index contributed by atoms with van der Waals surface area (Å²) in [5, 5.41) is 3.76. The SMILES string of the molecule is O=C(CNc1cccc(Cl)c1)N1CCC2(CC1)OCCO2. The molecule has 2 aliphatic rings. The highest BCUT2D eigenvalue weighted by molar-refractivity contribution is 6.30. The fourth-order valence-electron chi connectivity index (χ4n) is 2.77. The van der Waals surface area contributed by atoms with E-state index in [4.69, 9.17) is 21.1 Å². The zero-order chi connectivity index (χ0) is 14.7. The van der Waals surface area contributed by atoms with E-state index in [1.54, 1.807) is 12.1 Å². The number of hydrogen-bond acceptors (Lipinski definition) is 4. The third-order valence-electron chi connectivity index (χ3n) is 3.96. The molecule has 2 fully saturated rings. The summed E-state index contributed by atoms with van der Waals surface area (Å²) >= 11 is 5.91. The quantitative estimate of drug-likeness (QED) is 0.929. The Balaban J connectivity index is 1.48. The number of piperidine rings is 1. The fraction of sp³-hybridized carbons (Fsp3) is 0.533. The zero-order valence-corrected chi connectivity index (χ0v) is 12.6. The van der Waals surface area contributed by atoms with Crippen LogP contribution in [0.2, 0.25) is 5.02 Å². The molecule has 1 N–H and O–H groups in total. The van der Waals surface area contributed by atoms with Crippen molar-refractivity contribution in [1.29, 1.82) is 0 Å². The molecule has 5 nitrogen and oxygen atoms in total. The van der Waals surface area contributed by atoms with Crippen molar-refractivity contribution in [2.75, 3.05) is 38.2 Å². The Labute approximate surface area is 129 Å². The van der Waals surface area contributed by atoms with Crippen LogP contribution >= 0.6 is 11.6 Å². The minimum atomic E-state index is -0.433. The van der Waals surface area contributed by atoms with Gasteiger partial charge in [-0.25, -0.2) is 0 Å². The van der Waals surface area contributed by atoms with Crippen molar-refractivity contribution in [3.63, 3.8) is 0 Å². The van der Waals surface area contributed by atoms with Gasteiger partial charge in [0.05, 0.1) is 19.8 Å². The topological polar surface area (TPSA) is 50.8 Å². The Morgan fingerprint density at radius 2 is 2.00 bits per heavy atom. The van der Waals surface area contributed by atoms with Crippen molar-refractivity contribution in [3.8, 4) is 0 Å². The first-order valence-corrected chi connectivity index (χ1v) is 7.60. The predicted molar refractivity (Wildman–Crippen MR) is 80.4 cm³/mol. The predicted octanol–water partition coefficient (Wildman–Crippen LogP) is 2.12.